The van der Waals surface area contributed by atoms with Crippen LogP contribution in [-0.4, -0.2) is 14.2 Å². The second-order valence-corrected chi connectivity index (χ2v) is 5.37. The molecular formula is C10H22NO2S. The van der Waals surface area contributed by atoms with Crippen molar-refractivity contribution in [3.05, 3.63) is 6.54 Å². The summed E-state index contributed by atoms with van der Waals surface area (Å²) in [5.74, 6) is 0.253. The van der Waals surface area contributed by atoms with E-state index in [1.54, 1.807) is 6.92 Å². The normalized spacial score (nSPS) is 11.9. The molecule has 4 heteroatoms. The fraction of sp³-hybridized carbons (Fsp3) is 0.900. The highest BCUT2D eigenvalue weighted by atomic mass is 32.2. The Morgan fingerprint density at radius 1 is 1.07 bits per heavy atom. The third-order valence-electron chi connectivity index (χ3n) is 2.06. The van der Waals surface area contributed by atoms with Gasteiger partial charge in [0.15, 0.2) is 0 Å². The van der Waals surface area contributed by atoms with Gasteiger partial charge in [-0.3, -0.25) is 0 Å². The lowest BCUT2D eigenvalue weighted by Crippen LogP contribution is -2.22. The molecule has 0 saturated carbocycles. The summed E-state index contributed by atoms with van der Waals surface area (Å²) in [4.78, 5) is 0. The van der Waals surface area contributed by atoms with Crippen molar-refractivity contribution in [2.24, 2.45) is 0 Å². The Morgan fingerprint density at radius 2 is 1.64 bits per heavy atom. The minimum absolute atomic E-state index is 0.253. The van der Waals surface area contributed by atoms with Crippen molar-refractivity contribution >= 4 is 10.0 Å². The van der Waals surface area contributed by atoms with E-state index in [0.717, 1.165) is 19.3 Å². The number of hydrogen-bond acceptors (Lipinski definition) is 2. The first-order chi connectivity index (χ1) is 6.62. The van der Waals surface area contributed by atoms with E-state index in [-0.39, 0.29) is 5.75 Å². The van der Waals surface area contributed by atoms with Crippen LogP contribution in [0.4, 0.5) is 0 Å². The molecule has 0 aromatic rings. The van der Waals surface area contributed by atoms with E-state index >= 15 is 0 Å². The highest BCUT2D eigenvalue weighted by Crippen LogP contribution is 2.05. The van der Waals surface area contributed by atoms with Crippen LogP contribution in [0, 0.1) is 6.54 Å². The van der Waals surface area contributed by atoms with Crippen molar-refractivity contribution < 1.29 is 8.42 Å². The first-order valence-electron chi connectivity index (χ1n) is 5.40. The maximum atomic E-state index is 11.2. The van der Waals surface area contributed by atoms with Gasteiger partial charge in [0.1, 0.15) is 0 Å². The highest BCUT2D eigenvalue weighted by Gasteiger charge is 2.06. The highest BCUT2D eigenvalue weighted by molar-refractivity contribution is 7.89. The first-order valence-corrected chi connectivity index (χ1v) is 7.05. The third-order valence-corrected chi connectivity index (χ3v) is 3.48. The molecule has 0 rings (SSSR count). The van der Waals surface area contributed by atoms with Crippen LogP contribution in [-0.2, 0) is 10.0 Å². The molecule has 0 spiro atoms. The van der Waals surface area contributed by atoms with Gasteiger partial charge in [-0.2, -0.15) is 0 Å². The Hall–Kier alpha value is -0.0900. The summed E-state index contributed by atoms with van der Waals surface area (Å²) in [7, 11) is -3.03. The topological polar surface area (TPSA) is 46.2 Å². The SMILES string of the molecule is C[CH]NS(=O)(=O)CCCCCCCC. The third kappa shape index (κ3) is 8.51. The number of hydrogen-bond donors (Lipinski definition) is 1. The average Bonchev–Trinajstić information content (AvgIpc) is 2.11. The largest absolute Gasteiger partial charge is 0.212 e. The van der Waals surface area contributed by atoms with Crippen LogP contribution < -0.4 is 4.72 Å². The molecule has 0 fully saturated rings. The molecule has 0 aromatic heterocycles. The Morgan fingerprint density at radius 3 is 2.21 bits per heavy atom. The summed E-state index contributed by atoms with van der Waals surface area (Å²) >= 11 is 0. The Kier molecular flexibility index (Phi) is 8.18. The zero-order valence-corrected chi connectivity index (χ0v) is 10.1. The fourth-order valence-electron chi connectivity index (χ4n) is 1.31. The van der Waals surface area contributed by atoms with Crippen molar-refractivity contribution in [3.63, 3.8) is 0 Å². The van der Waals surface area contributed by atoms with E-state index in [9.17, 15) is 8.42 Å². The van der Waals surface area contributed by atoms with Crippen LogP contribution >= 0.6 is 0 Å². The lowest BCUT2D eigenvalue weighted by Gasteiger charge is -2.03. The molecule has 0 heterocycles. The molecule has 0 aliphatic carbocycles. The van der Waals surface area contributed by atoms with Gasteiger partial charge < -0.3 is 0 Å². The molecule has 0 aliphatic rings. The first kappa shape index (κ1) is 13.9. The van der Waals surface area contributed by atoms with E-state index < -0.39 is 10.0 Å². The molecule has 0 saturated heterocycles. The molecule has 14 heavy (non-hydrogen) atoms. The Labute approximate surface area is 88.3 Å². The number of nitrogens with one attached hydrogen (secondary N) is 1. The second kappa shape index (κ2) is 8.24. The van der Waals surface area contributed by atoms with Gasteiger partial charge >= 0.3 is 0 Å². The van der Waals surface area contributed by atoms with Gasteiger partial charge in [-0.1, -0.05) is 39.0 Å². The predicted octanol–water partition coefficient (Wildman–Crippen LogP) is 2.45. The van der Waals surface area contributed by atoms with Crippen LogP contribution in [0.15, 0.2) is 0 Å². The number of rotatable bonds is 9. The monoisotopic (exact) mass is 220 g/mol. The van der Waals surface area contributed by atoms with Gasteiger partial charge in [0, 0.05) is 6.54 Å². The van der Waals surface area contributed by atoms with Crippen molar-refractivity contribution in [1.29, 1.82) is 0 Å². The molecule has 0 amide bonds. The Bertz CT molecular complexity index is 212. The summed E-state index contributed by atoms with van der Waals surface area (Å²) in [5.41, 5.74) is 0. The van der Waals surface area contributed by atoms with Gasteiger partial charge in [0.05, 0.1) is 5.75 Å². The summed E-state index contributed by atoms with van der Waals surface area (Å²) in [6.45, 7) is 5.32. The van der Waals surface area contributed by atoms with Crippen LogP contribution in [0.25, 0.3) is 0 Å². The summed E-state index contributed by atoms with van der Waals surface area (Å²) in [6.07, 6.45) is 6.65. The molecular weight excluding hydrogens is 198 g/mol. The van der Waals surface area contributed by atoms with E-state index in [2.05, 4.69) is 11.6 Å². The molecule has 0 bridgehead atoms. The molecule has 1 radical (unpaired) electrons. The molecule has 3 nitrogen and oxygen atoms in total. The molecule has 0 aromatic carbocycles. The molecule has 1 N–H and O–H groups in total. The average molecular weight is 220 g/mol. The van der Waals surface area contributed by atoms with E-state index in [1.165, 1.54) is 25.8 Å². The minimum Gasteiger partial charge on any atom is -0.212 e. The van der Waals surface area contributed by atoms with Crippen LogP contribution in [0.1, 0.15) is 52.4 Å². The number of unbranched alkanes of at least 4 members (excludes halogenated alkanes) is 5. The van der Waals surface area contributed by atoms with Gasteiger partial charge in [-0.05, 0) is 13.3 Å². The smallest absolute Gasteiger partial charge is 0.211 e. The minimum atomic E-state index is -3.03. The van der Waals surface area contributed by atoms with Gasteiger partial charge in [-0.15, -0.1) is 0 Å². The lowest BCUT2D eigenvalue weighted by atomic mass is 10.1. The standard InChI is InChI=1S/C10H22NO2S/c1-3-5-6-7-8-9-10-14(12,13)11-4-2/h4,11H,3,5-10H2,1-2H3. The van der Waals surface area contributed by atoms with Crippen molar-refractivity contribution in [3.8, 4) is 0 Å². The fourth-order valence-corrected chi connectivity index (χ4v) is 2.37. The lowest BCUT2D eigenvalue weighted by molar-refractivity contribution is 0.577. The molecule has 0 atom stereocenters. The predicted molar refractivity (Wildman–Crippen MR) is 60.3 cm³/mol. The van der Waals surface area contributed by atoms with Gasteiger partial charge in [0.25, 0.3) is 0 Å². The number of sulfonamides is 1. The van der Waals surface area contributed by atoms with Crippen molar-refractivity contribution in [2.45, 2.75) is 52.4 Å². The van der Waals surface area contributed by atoms with E-state index in [4.69, 9.17) is 0 Å². The van der Waals surface area contributed by atoms with Crippen molar-refractivity contribution in [2.75, 3.05) is 5.75 Å². The van der Waals surface area contributed by atoms with Crippen LogP contribution in [0.2, 0.25) is 0 Å². The maximum absolute atomic E-state index is 11.2. The second-order valence-electron chi connectivity index (χ2n) is 3.49. The quantitative estimate of drug-likeness (QED) is 0.607. The van der Waals surface area contributed by atoms with Crippen molar-refractivity contribution in [1.82, 2.24) is 4.72 Å². The zero-order chi connectivity index (χ0) is 10.9. The summed E-state index contributed by atoms with van der Waals surface area (Å²) < 4.78 is 24.7. The van der Waals surface area contributed by atoms with E-state index in [0.29, 0.717) is 0 Å². The summed E-state index contributed by atoms with van der Waals surface area (Å²) in [5, 5.41) is 0. The van der Waals surface area contributed by atoms with Gasteiger partial charge in [0.2, 0.25) is 10.0 Å². The molecule has 85 valence electrons. The van der Waals surface area contributed by atoms with Crippen LogP contribution in [0.5, 0.6) is 0 Å². The molecule has 0 unspecified atom stereocenters. The Balaban J connectivity index is 3.35. The zero-order valence-electron chi connectivity index (χ0n) is 9.25. The van der Waals surface area contributed by atoms with Crippen LogP contribution in [0.3, 0.4) is 0 Å². The maximum Gasteiger partial charge on any atom is 0.211 e. The van der Waals surface area contributed by atoms with Gasteiger partial charge in [-0.25, -0.2) is 13.1 Å². The molecule has 0 aliphatic heterocycles. The summed E-state index contributed by atoms with van der Waals surface area (Å²) in [6, 6.07) is 0. The van der Waals surface area contributed by atoms with E-state index in [1.807, 2.05) is 0 Å².